The Labute approximate surface area is 145 Å². The van der Waals surface area contributed by atoms with E-state index < -0.39 is 9.84 Å². The lowest BCUT2D eigenvalue weighted by atomic mass is 10.2. The molecular weight excluding hydrogens is 346 g/mol. The standard InChI is InChI=1S/C17H16ClN3O2S/c1-21(10-12-3-5-13(18)6-4-12)17-15-9-14(24(2,22)23)7-8-16(15)19-11-20-17/h3-9,11H,10H2,1-2H3. The molecule has 1 heterocycles. The molecule has 0 aliphatic carbocycles. The zero-order valence-corrected chi connectivity index (χ0v) is 14.8. The van der Waals surface area contributed by atoms with Crippen LogP contribution < -0.4 is 4.90 Å². The van der Waals surface area contributed by atoms with Gasteiger partial charge < -0.3 is 4.90 Å². The fraction of sp³-hybridized carbons (Fsp3) is 0.176. The summed E-state index contributed by atoms with van der Waals surface area (Å²) in [7, 11) is -1.38. The molecule has 0 saturated carbocycles. The highest BCUT2D eigenvalue weighted by Gasteiger charge is 2.13. The number of hydrogen-bond donors (Lipinski definition) is 0. The predicted octanol–water partition coefficient (Wildman–Crippen LogP) is 3.32. The zero-order chi connectivity index (χ0) is 17.3. The number of hydrogen-bond acceptors (Lipinski definition) is 5. The van der Waals surface area contributed by atoms with Crippen molar-refractivity contribution in [3.05, 3.63) is 59.4 Å². The molecule has 0 fully saturated rings. The summed E-state index contributed by atoms with van der Waals surface area (Å²) in [6, 6.07) is 12.5. The molecule has 1 aromatic heterocycles. The largest absolute Gasteiger partial charge is 0.355 e. The van der Waals surface area contributed by atoms with Crippen LogP contribution in [0.1, 0.15) is 5.56 Å². The van der Waals surface area contributed by atoms with Crippen LogP contribution >= 0.6 is 11.6 Å². The molecule has 3 rings (SSSR count). The van der Waals surface area contributed by atoms with Gasteiger partial charge in [-0.25, -0.2) is 18.4 Å². The number of rotatable bonds is 4. The van der Waals surface area contributed by atoms with E-state index in [1.165, 1.54) is 12.6 Å². The number of benzene rings is 2. The lowest BCUT2D eigenvalue weighted by Gasteiger charge is -2.20. The van der Waals surface area contributed by atoms with Crippen LogP contribution in [0.15, 0.2) is 53.7 Å². The molecule has 5 nitrogen and oxygen atoms in total. The smallest absolute Gasteiger partial charge is 0.175 e. The van der Waals surface area contributed by atoms with E-state index in [1.54, 1.807) is 18.2 Å². The van der Waals surface area contributed by atoms with Gasteiger partial charge in [-0.2, -0.15) is 0 Å². The lowest BCUT2D eigenvalue weighted by molar-refractivity contribution is 0.602. The average Bonchev–Trinajstić information content (AvgIpc) is 2.55. The Morgan fingerprint density at radius 1 is 1.08 bits per heavy atom. The summed E-state index contributed by atoms with van der Waals surface area (Å²) in [6.07, 6.45) is 2.67. The van der Waals surface area contributed by atoms with Gasteiger partial charge in [-0.05, 0) is 35.9 Å². The molecule has 0 saturated heterocycles. The van der Waals surface area contributed by atoms with Crippen LogP contribution in [0.2, 0.25) is 5.02 Å². The number of fused-ring (bicyclic) bond motifs is 1. The molecule has 3 aromatic rings. The first-order valence-corrected chi connectivity index (χ1v) is 9.52. The number of aromatic nitrogens is 2. The van der Waals surface area contributed by atoms with Crippen LogP contribution in [-0.2, 0) is 16.4 Å². The van der Waals surface area contributed by atoms with Crippen LogP contribution in [0.4, 0.5) is 5.82 Å². The number of halogens is 1. The topological polar surface area (TPSA) is 63.2 Å². The van der Waals surface area contributed by atoms with Gasteiger partial charge in [-0.3, -0.25) is 0 Å². The maximum atomic E-state index is 11.8. The Kier molecular flexibility index (Phi) is 4.43. The van der Waals surface area contributed by atoms with Gasteiger partial charge in [0.05, 0.1) is 10.4 Å². The molecule has 0 amide bonds. The first-order valence-electron chi connectivity index (χ1n) is 7.25. The minimum atomic E-state index is -3.29. The van der Waals surface area contributed by atoms with Gasteiger partial charge in [-0.15, -0.1) is 0 Å². The van der Waals surface area contributed by atoms with Gasteiger partial charge in [0.25, 0.3) is 0 Å². The van der Waals surface area contributed by atoms with Gasteiger partial charge in [0, 0.05) is 30.3 Å². The van der Waals surface area contributed by atoms with Crippen molar-refractivity contribution in [2.45, 2.75) is 11.4 Å². The molecule has 0 radical (unpaired) electrons. The van der Waals surface area contributed by atoms with E-state index in [1.807, 2.05) is 36.2 Å². The van der Waals surface area contributed by atoms with Gasteiger partial charge in [0.15, 0.2) is 9.84 Å². The highest BCUT2D eigenvalue weighted by atomic mass is 35.5. The third kappa shape index (κ3) is 3.49. The highest BCUT2D eigenvalue weighted by molar-refractivity contribution is 7.90. The lowest BCUT2D eigenvalue weighted by Crippen LogP contribution is -2.18. The minimum Gasteiger partial charge on any atom is -0.355 e. The molecule has 0 bridgehead atoms. The maximum absolute atomic E-state index is 11.8. The number of nitrogens with zero attached hydrogens (tertiary/aromatic N) is 3. The van der Waals surface area contributed by atoms with Crippen LogP contribution in [0.3, 0.4) is 0 Å². The Hall–Kier alpha value is -2.18. The van der Waals surface area contributed by atoms with E-state index in [9.17, 15) is 8.42 Å². The maximum Gasteiger partial charge on any atom is 0.175 e. The summed E-state index contributed by atoms with van der Waals surface area (Å²) < 4.78 is 23.6. The van der Waals surface area contributed by atoms with Crippen molar-refractivity contribution < 1.29 is 8.42 Å². The third-order valence-electron chi connectivity index (χ3n) is 3.71. The highest BCUT2D eigenvalue weighted by Crippen LogP contribution is 2.26. The molecule has 2 aromatic carbocycles. The van der Waals surface area contributed by atoms with Crippen molar-refractivity contribution in [3.8, 4) is 0 Å². The predicted molar refractivity (Wildman–Crippen MR) is 96.2 cm³/mol. The van der Waals surface area contributed by atoms with E-state index in [2.05, 4.69) is 9.97 Å². The molecular formula is C17H16ClN3O2S. The molecule has 0 N–H and O–H groups in total. The monoisotopic (exact) mass is 361 g/mol. The van der Waals surface area contributed by atoms with E-state index >= 15 is 0 Å². The van der Waals surface area contributed by atoms with Crippen molar-refractivity contribution in [1.29, 1.82) is 0 Å². The van der Waals surface area contributed by atoms with Gasteiger partial charge in [0.2, 0.25) is 0 Å². The van der Waals surface area contributed by atoms with Gasteiger partial charge in [0.1, 0.15) is 12.1 Å². The van der Waals surface area contributed by atoms with Crippen molar-refractivity contribution in [2.75, 3.05) is 18.2 Å². The molecule has 24 heavy (non-hydrogen) atoms. The average molecular weight is 362 g/mol. The van der Waals surface area contributed by atoms with E-state index in [4.69, 9.17) is 11.6 Å². The normalized spacial score (nSPS) is 11.6. The summed E-state index contributed by atoms with van der Waals surface area (Å²) in [6.45, 7) is 0.617. The van der Waals surface area contributed by atoms with E-state index in [0.29, 0.717) is 28.3 Å². The van der Waals surface area contributed by atoms with E-state index in [0.717, 1.165) is 5.56 Å². The fourth-order valence-electron chi connectivity index (χ4n) is 2.50. The van der Waals surface area contributed by atoms with Crippen molar-refractivity contribution in [2.24, 2.45) is 0 Å². The Bertz CT molecular complexity index is 988. The second kappa shape index (κ2) is 6.37. The van der Waals surface area contributed by atoms with Crippen LogP contribution in [0, 0.1) is 0 Å². The molecule has 0 unspecified atom stereocenters. The first kappa shape index (κ1) is 16.7. The van der Waals surface area contributed by atoms with Crippen LogP contribution in [0.5, 0.6) is 0 Å². The summed E-state index contributed by atoms with van der Waals surface area (Å²) in [5, 5.41) is 1.39. The Balaban J connectivity index is 2.02. The van der Waals surface area contributed by atoms with Crippen LogP contribution in [0.25, 0.3) is 10.9 Å². The minimum absolute atomic E-state index is 0.256. The Morgan fingerprint density at radius 3 is 2.46 bits per heavy atom. The summed E-state index contributed by atoms with van der Waals surface area (Å²) in [4.78, 5) is 10.8. The Morgan fingerprint density at radius 2 is 1.79 bits per heavy atom. The molecule has 0 atom stereocenters. The molecule has 0 aliphatic heterocycles. The molecule has 0 spiro atoms. The third-order valence-corrected chi connectivity index (χ3v) is 5.07. The van der Waals surface area contributed by atoms with E-state index in [-0.39, 0.29) is 4.90 Å². The van der Waals surface area contributed by atoms with Crippen LogP contribution in [-0.4, -0.2) is 31.7 Å². The molecule has 124 valence electrons. The molecule has 0 aliphatic rings. The van der Waals surface area contributed by atoms with Crippen molar-refractivity contribution in [3.63, 3.8) is 0 Å². The fourth-order valence-corrected chi connectivity index (χ4v) is 3.27. The second-order valence-corrected chi connectivity index (χ2v) is 8.08. The first-order chi connectivity index (χ1) is 11.3. The van der Waals surface area contributed by atoms with Gasteiger partial charge in [-0.1, -0.05) is 23.7 Å². The quantitative estimate of drug-likeness (QED) is 0.713. The zero-order valence-electron chi connectivity index (χ0n) is 13.3. The summed E-state index contributed by atoms with van der Waals surface area (Å²) >= 11 is 5.91. The van der Waals surface area contributed by atoms with Gasteiger partial charge >= 0.3 is 0 Å². The van der Waals surface area contributed by atoms with Crippen molar-refractivity contribution >= 4 is 38.2 Å². The summed E-state index contributed by atoms with van der Waals surface area (Å²) in [5.74, 6) is 0.681. The number of sulfone groups is 1. The van der Waals surface area contributed by atoms with Crippen molar-refractivity contribution in [1.82, 2.24) is 9.97 Å². The SMILES string of the molecule is CN(Cc1ccc(Cl)cc1)c1ncnc2ccc(S(C)(=O)=O)cc12. The summed E-state index contributed by atoms with van der Waals surface area (Å²) in [5.41, 5.74) is 1.78. The molecule has 7 heteroatoms. The second-order valence-electron chi connectivity index (χ2n) is 5.63. The number of anilines is 1.